The molecule has 3 unspecified atom stereocenters. The summed E-state index contributed by atoms with van der Waals surface area (Å²) in [5, 5.41) is 0. The lowest BCUT2D eigenvalue weighted by atomic mass is 9.94. The molecule has 0 N–H and O–H groups in total. The summed E-state index contributed by atoms with van der Waals surface area (Å²) >= 11 is 0. The highest BCUT2D eigenvalue weighted by molar-refractivity contribution is 7.86. The third-order valence-corrected chi connectivity index (χ3v) is 6.88. The molecular formula is C15H28N2O4S. The van der Waals surface area contributed by atoms with Gasteiger partial charge in [-0.05, 0) is 31.1 Å². The van der Waals surface area contributed by atoms with Crippen LogP contribution in [0, 0.1) is 17.8 Å². The molecule has 3 fully saturated rings. The van der Waals surface area contributed by atoms with E-state index in [1.807, 2.05) is 0 Å². The largest absolute Gasteiger partial charge is 0.350 e. The molecule has 6 nitrogen and oxygen atoms in total. The zero-order chi connectivity index (χ0) is 15.7. The molecule has 7 heteroatoms. The maximum absolute atomic E-state index is 13.0. The summed E-state index contributed by atoms with van der Waals surface area (Å²) < 4.78 is 40.4. The Morgan fingerprint density at radius 1 is 0.955 bits per heavy atom. The molecule has 128 valence electrons. The van der Waals surface area contributed by atoms with Gasteiger partial charge in [0.15, 0.2) is 6.29 Å². The number of ether oxygens (including phenoxy) is 2. The Morgan fingerprint density at radius 2 is 1.59 bits per heavy atom. The van der Waals surface area contributed by atoms with Crippen molar-refractivity contribution < 1.29 is 17.9 Å². The van der Waals surface area contributed by atoms with E-state index in [1.165, 1.54) is 0 Å². The first-order valence-electron chi connectivity index (χ1n) is 8.45. The molecule has 22 heavy (non-hydrogen) atoms. The van der Waals surface area contributed by atoms with Gasteiger partial charge in [-0.15, -0.1) is 0 Å². The lowest BCUT2D eigenvalue weighted by molar-refractivity contribution is -0.0943. The van der Waals surface area contributed by atoms with Crippen LogP contribution in [0.25, 0.3) is 0 Å². The first-order valence-corrected chi connectivity index (χ1v) is 9.85. The molecule has 0 spiro atoms. The molecular weight excluding hydrogens is 304 g/mol. The van der Waals surface area contributed by atoms with Crippen molar-refractivity contribution >= 4 is 10.2 Å². The molecule has 3 rings (SSSR count). The molecule has 0 radical (unpaired) electrons. The first kappa shape index (κ1) is 16.6. The molecule has 3 aliphatic heterocycles. The highest BCUT2D eigenvalue weighted by atomic mass is 32.2. The van der Waals surface area contributed by atoms with Gasteiger partial charge in [-0.25, -0.2) is 0 Å². The quantitative estimate of drug-likeness (QED) is 0.781. The monoisotopic (exact) mass is 332 g/mol. The minimum atomic E-state index is -3.36. The fourth-order valence-corrected chi connectivity index (χ4v) is 5.96. The molecule has 0 saturated carbocycles. The molecule has 0 aliphatic carbocycles. The van der Waals surface area contributed by atoms with Gasteiger partial charge in [0.25, 0.3) is 10.2 Å². The van der Waals surface area contributed by atoms with E-state index >= 15 is 0 Å². The molecule has 3 heterocycles. The highest BCUT2D eigenvalue weighted by Gasteiger charge is 2.39. The predicted molar refractivity (Wildman–Crippen MR) is 83.4 cm³/mol. The summed E-state index contributed by atoms with van der Waals surface area (Å²) in [5.74, 6) is 1.02. The van der Waals surface area contributed by atoms with Crippen LogP contribution in [0.3, 0.4) is 0 Å². The van der Waals surface area contributed by atoms with Gasteiger partial charge in [-0.1, -0.05) is 13.8 Å². The van der Waals surface area contributed by atoms with Crippen LogP contribution in [0.2, 0.25) is 0 Å². The Morgan fingerprint density at radius 3 is 2.23 bits per heavy atom. The fourth-order valence-electron chi connectivity index (χ4n) is 4.01. The minimum absolute atomic E-state index is 0.158. The molecule has 0 amide bonds. The Labute approximate surface area is 133 Å². The van der Waals surface area contributed by atoms with Gasteiger partial charge in [0.2, 0.25) is 0 Å². The summed E-state index contributed by atoms with van der Waals surface area (Å²) in [7, 11) is -3.36. The van der Waals surface area contributed by atoms with Gasteiger partial charge in [0.1, 0.15) is 0 Å². The van der Waals surface area contributed by atoms with E-state index in [4.69, 9.17) is 9.47 Å². The van der Waals surface area contributed by atoms with Crippen LogP contribution in [-0.4, -0.2) is 62.7 Å². The van der Waals surface area contributed by atoms with Crippen LogP contribution < -0.4 is 0 Å². The van der Waals surface area contributed by atoms with Gasteiger partial charge >= 0.3 is 0 Å². The van der Waals surface area contributed by atoms with Crippen LogP contribution in [0.5, 0.6) is 0 Å². The molecule has 0 bridgehead atoms. The highest BCUT2D eigenvalue weighted by Crippen LogP contribution is 2.30. The van der Waals surface area contributed by atoms with Crippen molar-refractivity contribution in [2.24, 2.45) is 17.8 Å². The van der Waals surface area contributed by atoms with E-state index in [-0.39, 0.29) is 12.2 Å². The van der Waals surface area contributed by atoms with Crippen molar-refractivity contribution in [1.82, 2.24) is 8.61 Å². The van der Waals surface area contributed by atoms with Crippen molar-refractivity contribution in [3.8, 4) is 0 Å². The average molecular weight is 332 g/mol. The summed E-state index contributed by atoms with van der Waals surface area (Å²) in [4.78, 5) is 0. The summed E-state index contributed by atoms with van der Waals surface area (Å²) in [5.41, 5.74) is 0. The average Bonchev–Trinajstić information content (AvgIpc) is 3.00. The molecule has 3 saturated heterocycles. The number of hydrogen-bond acceptors (Lipinski definition) is 4. The Hall–Kier alpha value is -0.210. The van der Waals surface area contributed by atoms with Crippen molar-refractivity contribution in [3.63, 3.8) is 0 Å². The number of nitrogens with zero attached hydrogens (tertiary/aromatic N) is 2. The minimum Gasteiger partial charge on any atom is -0.350 e. The van der Waals surface area contributed by atoms with Crippen LogP contribution in [0.15, 0.2) is 0 Å². The smallest absolute Gasteiger partial charge is 0.282 e. The van der Waals surface area contributed by atoms with E-state index in [9.17, 15) is 8.42 Å². The maximum atomic E-state index is 13.0. The van der Waals surface area contributed by atoms with E-state index in [0.29, 0.717) is 51.2 Å². The van der Waals surface area contributed by atoms with Crippen LogP contribution in [0.1, 0.15) is 33.1 Å². The number of piperidine rings is 2. The van der Waals surface area contributed by atoms with Crippen LogP contribution in [0.4, 0.5) is 0 Å². The van der Waals surface area contributed by atoms with Gasteiger partial charge in [0.05, 0.1) is 13.2 Å². The topological polar surface area (TPSA) is 59.1 Å². The van der Waals surface area contributed by atoms with Crippen LogP contribution in [-0.2, 0) is 19.7 Å². The Kier molecular flexibility index (Phi) is 5.09. The van der Waals surface area contributed by atoms with Crippen molar-refractivity contribution in [2.45, 2.75) is 39.4 Å². The standard InChI is InChI=1S/C15H28N2O4S/c1-12-8-13(2)10-17(9-12)22(18,19)16-5-3-4-14(11-16)15-20-6-7-21-15/h12-15H,3-11H2,1-2H3. The van der Waals surface area contributed by atoms with Crippen LogP contribution >= 0.6 is 0 Å². The Balaban J connectivity index is 1.68. The summed E-state index contributed by atoms with van der Waals surface area (Å²) in [6, 6.07) is 0. The zero-order valence-electron chi connectivity index (χ0n) is 13.6. The third-order valence-electron chi connectivity index (χ3n) is 4.94. The predicted octanol–water partition coefficient (Wildman–Crippen LogP) is 1.29. The van der Waals surface area contributed by atoms with E-state index in [0.717, 1.165) is 19.3 Å². The molecule has 0 aromatic heterocycles. The van der Waals surface area contributed by atoms with E-state index in [1.54, 1.807) is 8.61 Å². The van der Waals surface area contributed by atoms with Gasteiger partial charge in [-0.3, -0.25) is 0 Å². The van der Waals surface area contributed by atoms with Gasteiger partial charge in [-0.2, -0.15) is 17.0 Å². The van der Waals surface area contributed by atoms with Gasteiger partial charge < -0.3 is 9.47 Å². The fraction of sp³-hybridized carbons (Fsp3) is 1.00. The van der Waals surface area contributed by atoms with E-state index in [2.05, 4.69) is 13.8 Å². The SMILES string of the molecule is CC1CC(C)CN(S(=O)(=O)N2CCCC(C3OCCO3)C2)C1. The number of hydrogen-bond donors (Lipinski definition) is 0. The second-order valence-electron chi connectivity index (χ2n) is 7.14. The molecule has 3 atom stereocenters. The third kappa shape index (κ3) is 3.48. The van der Waals surface area contributed by atoms with Crippen molar-refractivity contribution in [2.75, 3.05) is 39.4 Å². The summed E-state index contributed by atoms with van der Waals surface area (Å²) in [6.07, 6.45) is 2.74. The van der Waals surface area contributed by atoms with Gasteiger partial charge in [0, 0.05) is 32.1 Å². The maximum Gasteiger partial charge on any atom is 0.282 e. The molecule has 0 aromatic rings. The lowest BCUT2D eigenvalue weighted by Crippen LogP contribution is -2.53. The second kappa shape index (κ2) is 6.73. The van der Waals surface area contributed by atoms with Crippen molar-refractivity contribution in [1.29, 1.82) is 0 Å². The number of rotatable bonds is 3. The van der Waals surface area contributed by atoms with E-state index < -0.39 is 10.2 Å². The molecule has 0 aromatic carbocycles. The van der Waals surface area contributed by atoms with Crippen molar-refractivity contribution in [3.05, 3.63) is 0 Å². The molecule has 3 aliphatic rings. The zero-order valence-corrected chi connectivity index (χ0v) is 14.4. The lowest BCUT2D eigenvalue weighted by Gasteiger charge is -2.40. The first-order chi connectivity index (χ1) is 10.5. The second-order valence-corrected chi connectivity index (χ2v) is 9.07. The summed E-state index contributed by atoms with van der Waals surface area (Å²) in [6.45, 7) is 7.94. The normalized spacial score (nSPS) is 36.7. The Bertz CT molecular complexity index is 468.